The number of ether oxygens (including phenoxy) is 2. The zero-order chi connectivity index (χ0) is 17.6. The summed E-state index contributed by atoms with van der Waals surface area (Å²) in [6.45, 7) is 0. The van der Waals surface area contributed by atoms with Crippen molar-refractivity contribution in [2.45, 2.75) is 12.8 Å². The number of aryl methyl sites for hydroxylation is 1. The topological polar surface area (TPSA) is 112 Å². The highest BCUT2D eigenvalue weighted by molar-refractivity contribution is 7.13. The quantitative estimate of drug-likeness (QED) is 0.681. The largest absolute Gasteiger partial charge is 0.493 e. The summed E-state index contributed by atoms with van der Waals surface area (Å²) in [4.78, 5) is 16.1. The minimum atomic E-state index is -0.192. The molecule has 25 heavy (non-hydrogen) atoms. The lowest BCUT2D eigenvalue weighted by molar-refractivity contribution is -0.116. The third-order valence-electron chi connectivity index (χ3n) is 3.28. The van der Waals surface area contributed by atoms with E-state index in [2.05, 4.69) is 25.7 Å². The lowest BCUT2D eigenvalue weighted by Crippen LogP contribution is -2.12. The first-order valence-electron chi connectivity index (χ1n) is 7.30. The zero-order valence-corrected chi connectivity index (χ0v) is 14.4. The number of rotatable bonds is 7. The van der Waals surface area contributed by atoms with Gasteiger partial charge in [0.15, 0.2) is 11.5 Å². The molecule has 1 amide bonds. The number of anilines is 1. The van der Waals surface area contributed by atoms with Crippen LogP contribution in [0.25, 0.3) is 11.4 Å². The molecular formula is C15H15N5O4S. The van der Waals surface area contributed by atoms with Crippen molar-refractivity contribution in [1.82, 2.24) is 20.3 Å². The van der Waals surface area contributed by atoms with Gasteiger partial charge in [0.2, 0.25) is 22.8 Å². The number of nitrogens with one attached hydrogen (secondary N) is 1. The van der Waals surface area contributed by atoms with Crippen LogP contribution >= 0.6 is 11.3 Å². The average molecular weight is 361 g/mol. The first kappa shape index (κ1) is 16.8. The predicted molar refractivity (Wildman–Crippen MR) is 89.7 cm³/mol. The van der Waals surface area contributed by atoms with E-state index >= 15 is 0 Å². The van der Waals surface area contributed by atoms with Crippen LogP contribution in [0.5, 0.6) is 11.5 Å². The SMILES string of the molecule is COc1ccc(-c2noc(CCC(=O)Nc3nncs3)n2)cc1OC. The fourth-order valence-electron chi connectivity index (χ4n) is 2.08. The van der Waals surface area contributed by atoms with Crippen molar-refractivity contribution in [2.24, 2.45) is 0 Å². The molecular weight excluding hydrogens is 346 g/mol. The minimum Gasteiger partial charge on any atom is -0.493 e. The van der Waals surface area contributed by atoms with E-state index in [1.165, 1.54) is 11.3 Å². The molecule has 10 heteroatoms. The number of hydrogen-bond acceptors (Lipinski definition) is 9. The van der Waals surface area contributed by atoms with Crippen LogP contribution in [-0.2, 0) is 11.2 Å². The standard InChI is InChI=1S/C15H15N5O4S/c1-22-10-4-3-9(7-11(10)23-2)14-18-13(24-20-14)6-5-12(21)17-15-19-16-8-25-15/h3-4,7-8H,5-6H2,1-2H3,(H,17,19,21). The zero-order valence-electron chi connectivity index (χ0n) is 13.6. The van der Waals surface area contributed by atoms with Crippen molar-refractivity contribution >= 4 is 22.4 Å². The van der Waals surface area contributed by atoms with Crippen LogP contribution in [0, 0.1) is 0 Å². The second-order valence-electron chi connectivity index (χ2n) is 4.87. The van der Waals surface area contributed by atoms with Crippen LogP contribution in [0.1, 0.15) is 12.3 Å². The summed E-state index contributed by atoms with van der Waals surface area (Å²) >= 11 is 1.25. The second-order valence-corrected chi connectivity index (χ2v) is 5.71. The van der Waals surface area contributed by atoms with E-state index in [0.29, 0.717) is 34.8 Å². The van der Waals surface area contributed by atoms with Gasteiger partial charge in [-0.3, -0.25) is 4.79 Å². The molecule has 1 N–H and O–H groups in total. The van der Waals surface area contributed by atoms with Gasteiger partial charge in [-0.1, -0.05) is 16.5 Å². The van der Waals surface area contributed by atoms with Gasteiger partial charge in [0, 0.05) is 18.4 Å². The predicted octanol–water partition coefficient (Wildman–Crippen LogP) is 2.18. The number of aromatic nitrogens is 4. The lowest BCUT2D eigenvalue weighted by atomic mass is 10.2. The van der Waals surface area contributed by atoms with Gasteiger partial charge in [0.05, 0.1) is 14.2 Å². The average Bonchev–Trinajstić information content (AvgIpc) is 3.31. The van der Waals surface area contributed by atoms with Crippen LogP contribution < -0.4 is 14.8 Å². The molecule has 0 aliphatic rings. The van der Waals surface area contributed by atoms with E-state index < -0.39 is 0 Å². The Kier molecular flexibility index (Phi) is 5.19. The maximum Gasteiger partial charge on any atom is 0.227 e. The van der Waals surface area contributed by atoms with Crippen molar-refractivity contribution in [3.05, 3.63) is 29.6 Å². The Morgan fingerprint density at radius 2 is 2.12 bits per heavy atom. The summed E-state index contributed by atoms with van der Waals surface area (Å²) in [6, 6.07) is 5.33. The summed E-state index contributed by atoms with van der Waals surface area (Å²) < 4.78 is 15.7. The number of nitrogens with zero attached hydrogens (tertiary/aromatic N) is 4. The summed E-state index contributed by atoms with van der Waals surface area (Å²) in [5, 5.41) is 14.4. The minimum absolute atomic E-state index is 0.192. The Bertz CT molecular complexity index is 849. The molecule has 2 aromatic heterocycles. The summed E-state index contributed by atoms with van der Waals surface area (Å²) in [6.07, 6.45) is 0.526. The third kappa shape index (κ3) is 4.10. The van der Waals surface area contributed by atoms with Gasteiger partial charge in [-0.15, -0.1) is 10.2 Å². The van der Waals surface area contributed by atoms with Crippen molar-refractivity contribution in [3.63, 3.8) is 0 Å². The van der Waals surface area contributed by atoms with Gasteiger partial charge >= 0.3 is 0 Å². The number of carbonyl (C=O) groups excluding carboxylic acids is 1. The van der Waals surface area contributed by atoms with E-state index in [1.54, 1.807) is 37.9 Å². The second kappa shape index (κ2) is 7.71. The molecule has 3 rings (SSSR count). The van der Waals surface area contributed by atoms with Gasteiger partial charge in [-0.25, -0.2) is 0 Å². The molecule has 0 saturated carbocycles. The van der Waals surface area contributed by atoms with E-state index in [0.717, 1.165) is 5.56 Å². The third-order valence-corrected chi connectivity index (χ3v) is 3.89. The Hall–Kier alpha value is -3.01. The molecule has 0 bridgehead atoms. The molecule has 0 aliphatic heterocycles. The van der Waals surface area contributed by atoms with Crippen molar-refractivity contribution in [1.29, 1.82) is 0 Å². The summed E-state index contributed by atoms with van der Waals surface area (Å²) in [5.74, 6) is 1.78. The molecule has 3 aromatic rings. The first-order chi connectivity index (χ1) is 12.2. The molecule has 0 aliphatic carbocycles. The maximum absolute atomic E-state index is 11.8. The smallest absolute Gasteiger partial charge is 0.227 e. The van der Waals surface area contributed by atoms with Gasteiger partial charge < -0.3 is 19.3 Å². The Morgan fingerprint density at radius 1 is 1.28 bits per heavy atom. The number of carbonyl (C=O) groups is 1. The fraction of sp³-hybridized carbons (Fsp3) is 0.267. The lowest BCUT2D eigenvalue weighted by Gasteiger charge is -2.07. The maximum atomic E-state index is 11.8. The van der Waals surface area contributed by atoms with Crippen LogP contribution in [-0.4, -0.2) is 40.5 Å². The van der Waals surface area contributed by atoms with Crippen LogP contribution in [0.15, 0.2) is 28.2 Å². The van der Waals surface area contributed by atoms with Gasteiger partial charge in [0.25, 0.3) is 0 Å². The molecule has 2 heterocycles. The van der Waals surface area contributed by atoms with Crippen LogP contribution in [0.3, 0.4) is 0 Å². The molecule has 9 nitrogen and oxygen atoms in total. The Balaban J connectivity index is 1.63. The number of amides is 1. The van der Waals surface area contributed by atoms with Gasteiger partial charge in [0.1, 0.15) is 5.51 Å². The molecule has 0 spiro atoms. The Labute approximate surface area is 147 Å². The summed E-state index contributed by atoms with van der Waals surface area (Å²) in [7, 11) is 3.12. The fourth-order valence-corrected chi connectivity index (χ4v) is 2.54. The summed E-state index contributed by atoms with van der Waals surface area (Å²) in [5.41, 5.74) is 2.27. The normalized spacial score (nSPS) is 10.5. The Morgan fingerprint density at radius 3 is 2.84 bits per heavy atom. The van der Waals surface area contributed by atoms with E-state index in [4.69, 9.17) is 14.0 Å². The van der Waals surface area contributed by atoms with E-state index in [1.807, 2.05) is 0 Å². The van der Waals surface area contributed by atoms with E-state index in [9.17, 15) is 4.79 Å². The van der Waals surface area contributed by atoms with E-state index in [-0.39, 0.29) is 12.3 Å². The number of methoxy groups -OCH3 is 2. The monoisotopic (exact) mass is 361 g/mol. The van der Waals surface area contributed by atoms with Crippen molar-refractivity contribution in [3.8, 4) is 22.9 Å². The molecule has 0 unspecified atom stereocenters. The highest BCUT2D eigenvalue weighted by atomic mass is 32.1. The number of benzene rings is 1. The highest BCUT2D eigenvalue weighted by Crippen LogP contribution is 2.31. The van der Waals surface area contributed by atoms with Gasteiger partial charge in [-0.05, 0) is 18.2 Å². The molecule has 0 atom stereocenters. The number of hydrogen-bond donors (Lipinski definition) is 1. The molecule has 130 valence electrons. The molecule has 1 aromatic carbocycles. The van der Waals surface area contributed by atoms with Gasteiger partial charge in [-0.2, -0.15) is 4.98 Å². The van der Waals surface area contributed by atoms with Crippen molar-refractivity contribution < 1.29 is 18.8 Å². The van der Waals surface area contributed by atoms with Crippen LogP contribution in [0.2, 0.25) is 0 Å². The van der Waals surface area contributed by atoms with Crippen LogP contribution in [0.4, 0.5) is 5.13 Å². The first-order valence-corrected chi connectivity index (χ1v) is 8.18. The van der Waals surface area contributed by atoms with Crippen molar-refractivity contribution in [2.75, 3.05) is 19.5 Å². The highest BCUT2D eigenvalue weighted by Gasteiger charge is 2.13. The molecule has 0 radical (unpaired) electrons. The molecule has 0 saturated heterocycles. The molecule has 0 fully saturated rings.